The molecule has 1 amide bonds. The van der Waals surface area contributed by atoms with Crippen molar-refractivity contribution >= 4 is 37.6 Å². The van der Waals surface area contributed by atoms with Crippen molar-refractivity contribution in [2.45, 2.75) is 23.5 Å². The lowest BCUT2D eigenvalue weighted by Gasteiger charge is -2.30. The van der Waals surface area contributed by atoms with Crippen LogP contribution in [0.15, 0.2) is 53.4 Å². The summed E-state index contributed by atoms with van der Waals surface area (Å²) < 4.78 is 57.8. The number of hydrogen-bond donors (Lipinski definition) is 1. The van der Waals surface area contributed by atoms with Gasteiger partial charge in [0.05, 0.1) is 17.2 Å². The Morgan fingerprint density at radius 2 is 1.74 bits per heavy atom. The fourth-order valence-corrected chi connectivity index (χ4v) is 6.40. The second-order valence-corrected chi connectivity index (χ2v) is 13.0. The van der Waals surface area contributed by atoms with E-state index in [9.17, 15) is 21.6 Å². The van der Waals surface area contributed by atoms with Crippen molar-refractivity contribution in [1.82, 2.24) is 13.9 Å². The predicted molar refractivity (Wildman–Crippen MR) is 134 cm³/mol. The molecule has 1 aliphatic heterocycles. The van der Waals surface area contributed by atoms with Crippen LogP contribution in [0.4, 0.5) is 0 Å². The van der Waals surface area contributed by atoms with Crippen LogP contribution in [0.5, 0.6) is 5.75 Å². The number of halogens is 1. The first-order valence-corrected chi connectivity index (χ1v) is 14.6. The van der Waals surface area contributed by atoms with Crippen LogP contribution >= 0.6 is 11.6 Å². The first-order chi connectivity index (χ1) is 16.5. The average Bonchev–Trinajstić information content (AvgIpc) is 2.81. The molecule has 9 nitrogen and oxygen atoms in total. The average molecular weight is 544 g/mol. The summed E-state index contributed by atoms with van der Waals surface area (Å²) in [6.45, 7) is 1.08. The van der Waals surface area contributed by atoms with Crippen molar-refractivity contribution in [3.63, 3.8) is 0 Å². The normalized spacial score (nSPS) is 15.8. The molecule has 0 spiro atoms. The third-order valence-corrected chi connectivity index (χ3v) is 9.64. The van der Waals surface area contributed by atoms with Gasteiger partial charge < -0.3 is 10.1 Å². The number of hydrogen-bond acceptors (Lipinski definition) is 6. The number of ether oxygens (including phenoxy) is 1. The molecule has 0 bridgehead atoms. The Morgan fingerprint density at radius 1 is 1.09 bits per heavy atom. The molecule has 3 rings (SSSR count). The van der Waals surface area contributed by atoms with E-state index in [1.54, 1.807) is 36.4 Å². The largest absolute Gasteiger partial charge is 0.492 e. The lowest BCUT2D eigenvalue weighted by atomic mass is 9.97. The standard InChI is InChI=1S/C23H30ClN3O6S2/c1-26(2)35(31,32)22-8-6-21(7-9-22)33-15-12-25-23(28)19-10-13-27(14-11-19)34(29,30)17-18-4-3-5-20(24)16-18/h3-9,16,19H,10-15,17H2,1-2H3,(H,25,28). The van der Waals surface area contributed by atoms with Gasteiger partial charge in [-0.25, -0.2) is 25.4 Å². The van der Waals surface area contributed by atoms with Crippen LogP contribution < -0.4 is 10.1 Å². The van der Waals surface area contributed by atoms with E-state index in [4.69, 9.17) is 16.3 Å². The lowest BCUT2D eigenvalue weighted by Crippen LogP contribution is -2.43. The maximum Gasteiger partial charge on any atom is 0.242 e. The van der Waals surface area contributed by atoms with Crippen molar-refractivity contribution in [3.05, 3.63) is 59.1 Å². The highest BCUT2D eigenvalue weighted by molar-refractivity contribution is 7.89. The third-order valence-electron chi connectivity index (χ3n) is 5.73. The van der Waals surface area contributed by atoms with E-state index < -0.39 is 20.0 Å². The summed E-state index contributed by atoms with van der Waals surface area (Å²) in [6, 6.07) is 12.9. The highest BCUT2D eigenvalue weighted by Gasteiger charge is 2.31. The Labute approximate surface area is 212 Å². The van der Waals surface area contributed by atoms with Gasteiger partial charge in [-0.1, -0.05) is 23.7 Å². The number of carbonyl (C=O) groups is 1. The topological polar surface area (TPSA) is 113 Å². The van der Waals surface area contributed by atoms with E-state index in [1.807, 2.05) is 0 Å². The molecular weight excluding hydrogens is 514 g/mol. The summed E-state index contributed by atoms with van der Waals surface area (Å²) in [5.41, 5.74) is 0.631. The third kappa shape index (κ3) is 7.40. The molecule has 0 aliphatic carbocycles. The van der Waals surface area contributed by atoms with Gasteiger partial charge in [-0.05, 0) is 54.8 Å². The number of benzene rings is 2. The minimum absolute atomic E-state index is 0.121. The molecule has 0 saturated carbocycles. The van der Waals surface area contributed by atoms with E-state index in [1.165, 1.54) is 30.5 Å². The molecule has 12 heteroatoms. The minimum Gasteiger partial charge on any atom is -0.492 e. The molecule has 0 radical (unpaired) electrons. The van der Waals surface area contributed by atoms with Gasteiger partial charge in [-0.3, -0.25) is 4.79 Å². The van der Waals surface area contributed by atoms with Crippen molar-refractivity contribution in [1.29, 1.82) is 0 Å². The van der Waals surface area contributed by atoms with E-state index in [2.05, 4.69) is 5.32 Å². The molecule has 0 atom stereocenters. The number of nitrogens with zero attached hydrogens (tertiary/aromatic N) is 2. The highest BCUT2D eigenvalue weighted by Crippen LogP contribution is 2.23. The zero-order valence-electron chi connectivity index (χ0n) is 19.7. The number of carbonyl (C=O) groups excluding carboxylic acids is 1. The molecule has 1 heterocycles. The smallest absolute Gasteiger partial charge is 0.242 e. The van der Waals surface area contributed by atoms with Gasteiger partial charge in [0.15, 0.2) is 0 Å². The molecule has 2 aromatic rings. The summed E-state index contributed by atoms with van der Waals surface area (Å²) >= 11 is 5.95. The highest BCUT2D eigenvalue weighted by atomic mass is 35.5. The van der Waals surface area contributed by atoms with Gasteiger partial charge in [0.1, 0.15) is 12.4 Å². The quantitative estimate of drug-likeness (QED) is 0.460. The molecule has 0 unspecified atom stereocenters. The van der Waals surface area contributed by atoms with E-state index in [0.29, 0.717) is 42.3 Å². The second-order valence-electron chi connectivity index (χ2n) is 8.46. The number of amides is 1. The van der Waals surface area contributed by atoms with Crippen molar-refractivity contribution < 1.29 is 26.4 Å². The Bertz CT molecular complexity index is 1230. The molecule has 1 saturated heterocycles. The summed E-state index contributed by atoms with van der Waals surface area (Å²) in [4.78, 5) is 12.7. The van der Waals surface area contributed by atoms with Gasteiger partial charge in [0.2, 0.25) is 26.0 Å². The van der Waals surface area contributed by atoms with Crippen LogP contribution in [-0.2, 0) is 30.6 Å². The van der Waals surface area contributed by atoms with E-state index in [-0.39, 0.29) is 35.6 Å². The van der Waals surface area contributed by atoms with Gasteiger partial charge in [-0.15, -0.1) is 0 Å². The number of sulfonamides is 2. The second kappa shape index (κ2) is 11.7. The van der Waals surface area contributed by atoms with Gasteiger partial charge in [0.25, 0.3) is 0 Å². The van der Waals surface area contributed by atoms with Crippen LogP contribution in [0.2, 0.25) is 5.02 Å². The molecule has 0 aromatic heterocycles. The Kier molecular flexibility index (Phi) is 9.16. The van der Waals surface area contributed by atoms with Crippen molar-refractivity contribution in [2.75, 3.05) is 40.3 Å². The van der Waals surface area contributed by atoms with Crippen LogP contribution in [0.25, 0.3) is 0 Å². The number of nitrogens with one attached hydrogen (secondary N) is 1. The Balaban J connectivity index is 1.40. The first-order valence-electron chi connectivity index (χ1n) is 11.1. The molecule has 192 valence electrons. The predicted octanol–water partition coefficient (Wildman–Crippen LogP) is 2.33. The van der Waals surface area contributed by atoms with Crippen LogP contribution in [0.1, 0.15) is 18.4 Å². The zero-order chi connectivity index (χ0) is 25.6. The first kappa shape index (κ1) is 27.4. The maximum absolute atomic E-state index is 12.7. The summed E-state index contributed by atoms with van der Waals surface area (Å²) in [7, 11) is -4.06. The van der Waals surface area contributed by atoms with Crippen LogP contribution in [0.3, 0.4) is 0 Å². The number of rotatable bonds is 10. The molecule has 2 aromatic carbocycles. The minimum atomic E-state index is -3.50. The molecule has 35 heavy (non-hydrogen) atoms. The maximum atomic E-state index is 12.7. The molecule has 1 fully saturated rings. The van der Waals surface area contributed by atoms with Crippen LogP contribution in [-0.4, -0.2) is 71.7 Å². The zero-order valence-corrected chi connectivity index (χ0v) is 22.1. The number of piperidine rings is 1. The summed E-state index contributed by atoms with van der Waals surface area (Å²) in [5, 5.41) is 3.32. The molecule has 1 N–H and O–H groups in total. The van der Waals surface area contributed by atoms with Crippen molar-refractivity contribution in [3.8, 4) is 5.75 Å². The monoisotopic (exact) mass is 543 g/mol. The Morgan fingerprint density at radius 3 is 2.34 bits per heavy atom. The van der Waals surface area contributed by atoms with E-state index >= 15 is 0 Å². The lowest BCUT2D eigenvalue weighted by molar-refractivity contribution is -0.126. The molecular formula is C23H30ClN3O6S2. The van der Waals surface area contributed by atoms with Gasteiger partial charge >= 0.3 is 0 Å². The fourth-order valence-electron chi connectivity index (χ4n) is 3.73. The van der Waals surface area contributed by atoms with Crippen molar-refractivity contribution in [2.24, 2.45) is 5.92 Å². The summed E-state index contributed by atoms with van der Waals surface area (Å²) in [5.74, 6) is -0.0182. The van der Waals surface area contributed by atoms with Crippen LogP contribution in [0, 0.1) is 5.92 Å². The van der Waals surface area contributed by atoms with Gasteiger partial charge in [0, 0.05) is 38.1 Å². The Hall–Kier alpha value is -2.18. The van der Waals surface area contributed by atoms with E-state index in [0.717, 1.165) is 4.31 Å². The molecule has 1 aliphatic rings. The van der Waals surface area contributed by atoms with Gasteiger partial charge in [-0.2, -0.15) is 0 Å². The SMILES string of the molecule is CN(C)S(=O)(=O)c1ccc(OCCNC(=O)C2CCN(S(=O)(=O)Cc3cccc(Cl)c3)CC2)cc1. The summed E-state index contributed by atoms with van der Waals surface area (Å²) in [6.07, 6.45) is 0.895. The fraction of sp³-hybridized carbons (Fsp3) is 0.435.